The molecule has 0 aromatic heterocycles. The average Bonchev–Trinajstić information content (AvgIpc) is 2.83. The van der Waals surface area contributed by atoms with Crippen LogP contribution in [0.4, 0.5) is 0 Å². The Morgan fingerprint density at radius 3 is 1.52 bits per heavy atom. The first-order chi connectivity index (χ1) is 10.9. The molecule has 0 N–H and O–H groups in total. The Morgan fingerprint density at radius 2 is 1.17 bits per heavy atom. The van der Waals surface area contributed by atoms with Gasteiger partial charge in [-0.2, -0.15) is 0 Å². The number of hydrogen-bond acceptors (Lipinski definition) is 1. The predicted molar refractivity (Wildman–Crippen MR) is 96.8 cm³/mol. The van der Waals surface area contributed by atoms with Crippen LogP contribution >= 0.6 is 0 Å². The van der Waals surface area contributed by atoms with Crippen molar-refractivity contribution in [3.63, 3.8) is 0 Å². The molecular weight excluding hydrogens is 280 g/mol. The minimum atomic E-state index is -0.180. The first-order valence-corrected chi connectivity index (χ1v) is 8.70. The summed E-state index contributed by atoms with van der Waals surface area (Å²) in [6, 6.07) is 21.8. The summed E-state index contributed by atoms with van der Waals surface area (Å²) in [6.07, 6.45) is 2.35. The van der Waals surface area contributed by atoms with E-state index in [4.69, 9.17) is 4.74 Å². The van der Waals surface area contributed by atoms with Gasteiger partial charge in [0.05, 0.1) is 11.2 Å². The highest BCUT2D eigenvalue weighted by atomic mass is 16.5. The highest BCUT2D eigenvalue weighted by Crippen LogP contribution is 2.54. The van der Waals surface area contributed by atoms with Crippen LogP contribution in [0.3, 0.4) is 0 Å². The lowest BCUT2D eigenvalue weighted by Crippen LogP contribution is -2.43. The predicted octanol–water partition coefficient (Wildman–Crippen LogP) is 5.92. The van der Waals surface area contributed by atoms with Crippen molar-refractivity contribution in [1.82, 2.24) is 0 Å². The van der Waals surface area contributed by atoms with Crippen molar-refractivity contribution in [2.24, 2.45) is 0 Å². The van der Waals surface area contributed by atoms with Crippen molar-refractivity contribution >= 4 is 0 Å². The second-order valence-corrected chi connectivity index (χ2v) is 7.90. The SMILES string of the molecule is CC(C)(C)OC1(C)[C@@H](c2ccccc2)CC[C@H]1c1ccccc1. The first kappa shape index (κ1) is 16.3. The summed E-state index contributed by atoms with van der Waals surface area (Å²) in [5.41, 5.74) is 2.47. The van der Waals surface area contributed by atoms with Gasteiger partial charge in [0, 0.05) is 11.8 Å². The van der Waals surface area contributed by atoms with Gasteiger partial charge in [-0.05, 0) is 51.7 Å². The Labute approximate surface area is 140 Å². The van der Waals surface area contributed by atoms with Gasteiger partial charge in [-0.15, -0.1) is 0 Å². The molecule has 122 valence electrons. The van der Waals surface area contributed by atoms with E-state index in [2.05, 4.69) is 88.4 Å². The fraction of sp³-hybridized carbons (Fsp3) is 0.455. The van der Waals surface area contributed by atoms with E-state index < -0.39 is 0 Å². The van der Waals surface area contributed by atoms with Gasteiger partial charge < -0.3 is 4.74 Å². The lowest BCUT2D eigenvalue weighted by Gasteiger charge is -2.42. The van der Waals surface area contributed by atoms with Crippen LogP contribution in [0.15, 0.2) is 60.7 Å². The highest BCUT2D eigenvalue weighted by Gasteiger charge is 2.50. The van der Waals surface area contributed by atoms with Crippen LogP contribution in [0.25, 0.3) is 0 Å². The van der Waals surface area contributed by atoms with Gasteiger partial charge in [-0.3, -0.25) is 0 Å². The van der Waals surface area contributed by atoms with Crippen molar-refractivity contribution in [1.29, 1.82) is 0 Å². The molecule has 1 aliphatic carbocycles. The molecule has 0 spiro atoms. The zero-order valence-corrected chi connectivity index (χ0v) is 14.8. The van der Waals surface area contributed by atoms with Crippen LogP contribution in [0.1, 0.15) is 63.5 Å². The largest absolute Gasteiger partial charge is 0.368 e. The topological polar surface area (TPSA) is 9.23 Å². The Bertz CT molecular complexity index is 577. The monoisotopic (exact) mass is 308 g/mol. The third-order valence-electron chi connectivity index (χ3n) is 5.06. The molecule has 1 unspecified atom stereocenters. The molecule has 2 aromatic carbocycles. The fourth-order valence-corrected chi connectivity index (χ4v) is 4.32. The average molecular weight is 308 g/mol. The van der Waals surface area contributed by atoms with Gasteiger partial charge in [-0.1, -0.05) is 60.7 Å². The molecule has 2 aromatic rings. The molecule has 1 heteroatoms. The lowest BCUT2D eigenvalue weighted by atomic mass is 9.78. The third-order valence-corrected chi connectivity index (χ3v) is 5.06. The lowest BCUT2D eigenvalue weighted by molar-refractivity contribution is -0.135. The summed E-state index contributed by atoms with van der Waals surface area (Å²) in [4.78, 5) is 0. The minimum Gasteiger partial charge on any atom is -0.368 e. The molecule has 1 aliphatic rings. The summed E-state index contributed by atoms with van der Waals surface area (Å²) in [5.74, 6) is 0.876. The quantitative estimate of drug-likeness (QED) is 0.683. The van der Waals surface area contributed by atoms with Gasteiger partial charge in [-0.25, -0.2) is 0 Å². The summed E-state index contributed by atoms with van der Waals surface area (Å²) in [6.45, 7) is 8.82. The standard InChI is InChI=1S/C22H28O/c1-21(2,3)23-22(4)19(17-11-7-5-8-12-17)15-16-20(22)18-13-9-6-10-14-18/h5-14,19-20H,15-16H2,1-4H3/t19-,20+,22?. The van der Waals surface area contributed by atoms with E-state index in [0.29, 0.717) is 11.8 Å². The van der Waals surface area contributed by atoms with Gasteiger partial charge in [0.2, 0.25) is 0 Å². The van der Waals surface area contributed by atoms with Gasteiger partial charge in [0.1, 0.15) is 0 Å². The van der Waals surface area contributed by atoms with Crippen LogP contribution < -0.4 is 0 Å². The smallest absolute Gasteiger partial charge is 0.0797 e. The third kappa shape index (κ3) is 3.35. The zero-order valence-electron chi connectivity index (χ0n) is 14.8. The molecule has 1 saturated carbocycles. The molecule has 3 rings (SSSR count). The van der Waals surface area contributed by atoms with Gasteiger partial charge in [0.15, 0.2) is 0 Å². The maximum atomic E-state index is 6.72. The van der Waals surface area contributed by atoms with Crippen molar-refractivity contribution in [3.05, 3.63) is 71.8 Å². The van der Waals surface area contributed by atoms with E-state index in [1.807, 2.05) is 0 Å². The van der Waals surface area contributed by atoms with Crippen LogP contribution in [0.5, 0.6) is 0 Å². The van der Waals surface area contributed by atoms with Crippen molar-refractivity contribution < 1.29 is 4.74 Å². The second-order valence-electron chi connectivity index (χ2n) is 7.90. The normalized spacial score (nSPS) is 28.0. The van der Waals surface area contributed by atoms with E-state index in [1.165, 1.54) is 24.0 Å². The summed E-state index contributed by atoms with van der Waals surface area (Å²) in [7, 11) is 0. The van der Waals surface area contributed by atoms with Crippen LogP contribution in [-0.2, 0) is 4.74 Å². The van der Waals surface area contributed by atoms with Crippen molar-refractivity contribution in [2.45, 2.75) is 63.6 Å². The first-order valence-electron chi connectivity index (χ1n) is 8.70. The van der Waals surface area contributed by atoms with E-state index in [-0.39, 0.29) is 11.2 Å². The molecule has 0 heterocycles. The Morgan fingerprint density at radius 1 is 0.783 bits per heavy atom. The minimum absolute atomic E-state index is 0.154. The fourth-order valence-electron chi connectivity index (χ4n) is 4.32. The Balaban J connectivity index is 2.02. The molecular formula is C22H28O. The zero-order chi connectivity index (χ0) is 16.5. The molecule has 1 nitrogen and oxygen atoms in total. The Hall–Kier alpha value is -1.60. The van der Waals surface area contributed by atoms with Crippen molar-refractivity contribution in [3.8, 4) is 0 Å². The van der Waals surface area contributed by atoms with Gasteiger partial charge >= 0.3 is 0 Å². The summed E-state index contributed by atoms with van der Waals surface area (Å²) >= 11 is 0. The molecule has 0 radical (unpaired) electrons. The van der Waals surface area contributed by atoms with Crippen LogP contribution in [0, 0.1) is 0 Å². The van der Waals surface area contributed by atoms with E-state index in [0.717, 1.165) is 0 Å². The number of benzene rings is 2. The number of ether oxygens (including phenoxy) is 1. The van der Waals surface area contributed by atoms with E-state index >= 15 is 0 Å². The summed E-state index contributed by atoms with van der Waals surface area (Å²) < 4.78 is 6.72. The maximum Gasteiger partial charge on any atom is 0.0797 e. The Kier molecular flexibility index (Phi) is 4.33. The number of hydrogen-bond donors (Lipinski definition) is 0. The molecule has 0 bridgehead atoms. The second kappa shape index (κ2) is 6.13. The summed E-state index contributed by atoms with van der Waals surface area (Å²) in [5, 5.41) is 0. The van der Waals surface area contributed by atoms with E-state index in [9.17, 15) is 0 Å². The molecule has 23 heavy (non-hydrogen) atoms. The molecule has 0 saturated heterocycles. The van der Waals surface area contributed by atoms with E-state index in [1.54, 1.807) is 0 Å². The van der Waals surface area contributed by atoms with Crippen LogP contribution in [0.2, 0.25) is 0 Å². The number of rotatable bonds is 3. The van der Waals surface area contributed by atoms with Crippen molar-refractivity contribution in [2.75, 3.05) is 0 Å². The van der Waals surface area contributed by atoms with Gasteiger partial charge in [0.25, 0.3) is 0 Å². The molecule has 0 aliphatic heterocycles. The van der Waals surface area contributed by atoms with Crippen LogP contribution in [-0.4, -0.2) is 11.2 Å². The molecule has 0 amide bonds. The molecule has 1 fully saturated rings. The molecule has 3 atom stereocenters. The highest BCUT2D eigenvalue weighted by molar-refractivity contribution is 5.32. The maximum absolute atomic E-state index is 6.72.